The van der Waals surface area contributed by atoms with Gasteiger partial charge in [-0.1, -0.05) is 25.0 Å². The van der Waals surface area contributed by atoms with Gasteiger partial charge in [0.15, 0.2) is 9.84 Å². The molecule has 2 unspecified atom stereocenters. The first-order chi connectivity index (χ1) is 9.48. The Balaban J connectivity index is 2.50. The van der Waals surface area contributed by atoms with Crippen molar-refractivity contribution in [3.05, 3.63) is 34.4 Å². The molecule has 1 aromatic rings. The molecular weight excluding hydrogens is 280 g/mol. The van der Waals surface area contributed by atoms with Crippen molar-refractivity contribution in [3.63, 3.8) is 0 Å². The Morgan fingerprint density at radius 2 is 1.90 bits per heavy atom. The van der Waals surface area contributed by atoms with Crippen LogP contribution in [0.1, 0.15) is 25.7 Å². The second-order valence-corrected chi connectivity index (χ2v) is 6.96. The summed E-state index contributed by atoms with van der Waals surface area (Å²) in [6.45, 7) is 0. The number of nitriles is 1. The second-order valence-electron chi connectivity index (χ2n) is 4.83. The molecule has 0 saturated heterocycles. The van der Waals surface area contributed by atoms with Gasteiger partial charge >= 0.3 is 0 Å². The van der Waals surface area contributed by atoms with Crippen molar-refractivity contribution in [3.8, 4) is 6.07 Å². The minimum Gasteiger partial charge on any atom is -0.258 e. The van der Waals surface area contributed by atoms with Crippen molar-refractivity contribution in [2.24, 2.45) is 5.92 Å². The van der Waals surface area contributed by atoms with Crippen LogP contribution in [-0.4, -0.2) is 18.6 Å². The summed E-state index contributed by atoms with van der Waals surface area (Å²) < 4.78 is 25.3. The molecule has 0 radical (unpaired) electrons. The predicted octanol–water partition coefficient (Wildman–Crippen LogP) is 2.45. The molecule has 106 valence electrons. The molecule has 7 heteroatoms. The zero-order chi connectivity index (χ0) is 14.8. The summed E-state index contributed by atoms with van der Waals surface area (Å²) in [6, 6.07) is 7.35. The zero-order valence-corrected chi connectivity index (χ0v) is 11.5. The minimum absolute atomic E-state index is 0.280. The highest BCUT2D eigenvalue weighted by Gasteiger charge is 2.39. The van der Waals surface area contributed by atoms with Gasteiger partial charge in [0.2, 0.25) is 0 Å². The van der Waals surface area contributed by atoms with E-state index in [1.54, 1.807) is 0 Å². The number of benzene rings is 1. The second kappa shape index (κ2) is 5.59. The van der Waals surface area contributed by atoms with E-state index in [1.807, 2.05) is 6.07 Å². The molecule has 6 nitrogen and oxygen atoms in total. The molecule has 0 heterocycles. The minimum atomic E-state index is -3.86. The van der Waals surface area contributed by atoms with Crippen molar-refractivity contribution in [2.75, 3.05) is 0 Å². The molecule has 1 aliphatic carbocycles. The quantitative estimate of drug-likeness (QED) is 0.629. The zero-order valence-electron chi connectivity index (χ0n) is 10.7. The highest BCUT2D eigenvalue weighted by atomic mass is 32.2. The number of sulfone groups is 1. The van der Waals surface area contributed by atoms with E-state index in [1.165, 1.54) is 24.3 Å². The van der Waals surface area contributed by atoms with Crippen LogP contribution in [0.4, 0.5) is 5.69 Å². The Morgan fingerprint density at radius 1 is 1.25 bits per heavy atom. The van der Waals surface area contributed by atoms with E-state index < -0.39 is 31.6 Å². The van der Waals surface area contributed by atoms with E-state index in [0.717, 1.165) is 12.8 Å². The summed E-state index contributed by atoms with van der Waals surface area (Å²) in [4.78, 5) is 10.0. The number of hydrogen-bond acceptors (Lipinski definition) is 5. The molecule has 1 aliphatic rings. The van der Waals surface area contributed by atoms with Crippen molar-refractivity contribution >= 4 is 15.5 Å². The summed E-state index contributed by atoms with van der Waals surface area (Å²) in [5.41, 5.74) is -0.422. The largest absolute Gasteiger partial charge is 0.287 e. The Hall–Kier alpha value is -1.94. The predicted molar refractivity (Wildman–Crippen MR) is 71.6 cm³/mol. The van der Waals surface area contributed by atoms with E-state index in [0.29, 0.717) is 12.8 Å². The topological polar surface area (TPSA) is 101 Å². The molecule has 0 bridgehead atoms. The Morgan fingerprint density at radius 3 is 2.55 bits per heavy atom. The molecule has 1 fully saturated rings. The molecule has 0 spiro atoms. The molecule has 2 rings (SSSR count). The van der Waals surface area contributed by atoms with Gasteiger partial charge in [-0.05, 0) is 18.9 Å². The molecule has 0 amide bonds. The monoisotopic (exact) mass is 294 g/mol. The smallest absolute Gasteiger partial charge is 0.258 e. The summed E-state index contributed by atoms with van der Waals surface area (Å²) in [6.07, 6.45) is 2.46. The first kappa shape index (κ1) is 14.5. The lowest BCUT2D eigenvalue weighted by Gasteiger charge is -2.26. The highest BCUT2D eigenvalue weighted by molar-refractivity contribution is 7.92. The van der Waals surface area contributed by atoms with Gasteiger partial charge in [-0.2, -0.15) is 5.26 Å². The maximum absolute atomic E-state index is 12.6. The maximum atomic E-state index is 12.6. The number of nitro groups is 1. The molecule has 20 heavy (non-hydrogen) atoms. The van der Waals surface area contributed by atoms with Crippen LogP contribution in [0.2, 0.25) is 0 Å². The van der Waals surface area contributed by atoms with Crippen LogP contribution in [0.3, 0.4) is 0 Å². The van der Waals surface area contributed by atoms with Gasteiger partial charge in [0, 0.05) is 6.07 Å². The van der Waals surface area contributed by atoms with E-state index in [2.05, 4.69) is 0 Å². The van der Waals surface area contributed by atoms with Gasteiger partial charge in [-0.15, -0.1) is 0 Å². The van der Waals surface area contributed by atoms with Gasteiger partial charge in [0.25, 0.3) is 5.69 Å². The Bertz CT molecular complexity index is 663. The van der Waals surface area contributed by atoms with Crippen LogP contribution in [0.25, 0.3) is 0 Å². The lowest BCUT2D eigenvalue weighted by molar-refractivity contribution is -0.387. The van der Waals surface area contributed by atoms with Crippen LogP contribution in [0, 0.1) is 27.4 Å². The van der Waals surface area contributed by atoms with Crippen molar-refractivity contribution in [1.29, 1.82) is 5.26 Å². The van der Waals surface area contributed by atoms with Gasteiger partial charge in [-0.25, -0.2) is 8.42 Å². The molecule has 1 aromatic carbocycles. The SMILES string of the molecule is N#CC1CCCCC1S(=O)(=O)c1ccccc1[N+](=O)[O-]. The average molecular weight is 294 g/mol. The van der Waals surface area contributed by atoms with E-state index in [-0.39, 0.29) is 4.90 Å². The van der Waals surface area contributed by atoms with Crippen LogP contribution >= 0.6 is 0 Å². The molecule has 0 aromatic heterocycles. The van der Waals surface area contributed by atoms with Crippen molar-refractivity contribution < 1.29 is 13.3 Å². The third kappa shape index (κ3) is 2.51. The maximum Gasteiger partial charge on any atom is 0.287 e. The summed E-state index contributed by atoms with van der Waals surface area (Å²) in [5, 5.41) is 19.2. The summed E-state index contributed by atoms with van der Waals surface area (Å²) in [7, 11) is -3.86. The fourth-order valence-corrected chi connectivity index (χ4v) is 4.76. The first-order valence-corrected chi connectivity index (χ1v) is 7.90. The van der Waals surface area contributed by atoms with Gasteiger partial charge in [-0.3, -0.25) is 10.1 Å². The number of nitro benzene ring substituents is 1. The Labute approximate surface area is 117 Å². The lowest BCUT2D eigenvalue weighted by Crippen LogP contribution is -2.32. The summed E-state index contributed by atoms with van der Waals surface area (Å²) in [5.74, 6) is -0.589. The van der Waals surface area contributed by atoms with Crippen LogP contribution < -0.4 is 0 Å². The average Bonchev–Trinajstić information content (AvgIpc) is 2.47. The van der Waals surface area contributed by atoms with Crippen molar-refractivity contribution in [2.45, 2.75) is 35.8 Å². The number of rotatable bonds is 3. The standard InChI is InChI=1S/C13H14N2O4S/c14-9-10-5-1-3-7-12(10)20(18,19)13-8-4-2-6-11(13)15(16)17/h2,4,6,8,10,12H,1,3,5,7H2. The van der Waals surface area contributed by atoms with Gasteiger partial charge in [0.05, 0.1) is 22.2 Å². The first-order valence-electron chi connectivity index (χ1n) is 6.35. The van der Waals surface area contributed by atoms with E-state index in [9.17, 15) is 18.5 Å². The van der Waals surface area contributed by atoms with Crippen LogP contribution in [0.5, 0.6) is 0 Å². The normalized spacial score (nSPS) is 22.9. The van der Waals surface area contributed by atoms with Gasteiger partial charge in [0.1, 0.15) is 4.90 Å². The van der Waals surface area contributed by atoms with E-state index in [4.69, 9.17) is 5.26 Å². The molecule has 0 N–H and O–H groups in total. The van der Waals surface area contributed by atoms with Gasteiger partial charge < -0.3 is 0 Å². The molecule has 0 aliphatic heterocycles. The summed E-state index contributed by atoms with van der Waals surface area (Å²) >= 11 is 0. The highest BCUT2D eigenvalue weighted by Crippen LogP contribution is 2.35. The van der Waals surface area contributed by atoms with Crippen LogP contribution in [0.15, 0.2) is 29.2 Å². The van der Waals surface area contributed by atoms with Crippen LogP contribution in [-0.2, 0) is 9.84 Å². The lowest BCUT2D eigenvalue weighted by atomic mass is 9.90. The molecule has 1 saturated carbocycles. The van der Waals surface area contributed by atoms with E-state index >= 15 is 0 Å². The Kier molecular flexibility index (Phi) is 4.04. The molecular formula is C13H14N2O4S. The third-order valence-electron chi connectivity index (χ3n) is 3.64. The number of nitrogens with zero attached hydrogens (tertiary/aromatic N) is 2. The van der Waals surface area contributed by atoms with Crippen molar-refractivity contribution in [1.82, 2.24) is 0 Å². The third-order valence-corrected chi connectivity index (χ3v) is 5.96. The number of hydrogen-bond donors (Lipinski definition) is 0. The fraction of sp³-hybridized carbons (Fsp3) is 0.462. The molecule has 2 atom stereocenters. The number of para-hydroxylation sites is 1. The fourth-order valence-electron chi connectivity index (χ4n) is 2.63.